The lowest BCUT2D eigenvalue weighted by Crippen LogP contribution is -2.53. The molecule has 50 heavy (non-hydrogen) atoms. The summed E-state index contributed by atoms with van der Waals surface area (Å²) in [7, 11) is 0. The van der Waals surface area contributed by atoms with E-state index in [0.29, 0.717) is 43.9 Å². The van der Waals surface area contributed by atoms with Crippen LogP contribution in [-0.4, -0.2) is 49.7 Å². The van der Waals surface area contributed by atoms with Gasteiger partial charge in [-0.3, -0.25) is 24.6 Å². The Morgan fingerprint density at radius 2 is 1.74 bits per heavy atom. The van der Waals surface area contributed by atoms with E-state index < -0.39 is 87.2 Å². The third-order valence-corrected chi connectivity index (χ3v) is 10.9. The molecule has 2 aliphatic carbocycles. The van der Waals surface area contributed by atoms with Gasteiger partial charge in [-0.2, -0.15) is 23.1 Å². The Morgan fingerprint density at radius 1 is 1.04 bits per heavy atom. The smallest absolute Gasteiger partial charge is 0.417 e. The van der Waals surface area contributed by atoms with E-state index >= 15 is 4.79 Å². The van der Waals surface area contributed by atoms with Crippen LogP contribution in [0.1, 0.15) is 41.0 Å². The molecule has 11 nitrogen and oxygen atoms in total. The number of carbonyl (C=O) groups is 5. The number of anilines is 1. The molecule has 0 radical (unpaired) electrons. The van der Waals surface area contributed by atoms with Gasteiger partial charge in [0.1, 0.15) is 5.75 Å². The molecule has 2 saturated heterocycles. The fourth-order valence-corrected chi connectivity index (χ4v) is 8.59. The summed E-state index contributed by atoms with van der Waals surface area (Å²) in [6, 6.07) is 10.5. The number of halogens is 5. The Hall–Kier alpha value is -4.95. The molecule has 0 spiro atoms. The number of nitrogens with zero attached hydrogens (tertiary/aromatic N) is 3. The van der Waals surface area contributed by atoms with Gasteiger partial charge in [0.15, 0.2) is 5.82 Å². The van der Waals surface area contributed by atoms with Crippen molar-refractivity contribution in [2.45, 2.75) is 37.3 Å². The molecule has 2 aromatic carbocycles. The fraction of sp³-hybridized carbons (Fsp3) is 0.294. The summed E-state index contributed by atoms with van der Waals surface area (Å²) >= 11 is 12.4. The van der Waals surface area contributed by atoms with Gasteiger partial charge in [0.2, 0.25) is 11.8 Å². The summed E-state index contributed by atoms with van der Waals surface area (Å²) in [5.74, 6) is -9.21. The zero-order valence-electron chi connectivity index (χ0n) is 25.9. The summed E-state index contributed by atoms with van der Waals surface area (Å²) in [4.78, 5) is 73.0. The number of hydrogen-bond acceptors (Lipinski definition) is 8. The first-order valence-electron chi connectivity index (χ1n) is 15.4. The van der Waals surface area contributed by atoms with Crippen LogP contribution in [0.25, 0.3) is 0 Å². The number of nitrogens with two attached hydrogens (primary N) is 1. The maximum absolute atomic E-state index is 15.1. The zero-order valence-corrected chi connectivity index (χ0v) is 27.4. The molecule has 258 valence electrons. The Labute approximate surface area is 291 Å². The van der Waals surface area contributed by atoms with Gasteiger partial charge in [-0.05, 0) is 55.0 Å². The number of allylic oxidation sites excluding steroid dienone is 2. The lowest BCUT2D eigenvalue weighted by molar-refractivity contribution is -0.140. The van der Waals surface area contributed by atoms with Gasteiger partial charge in [0, 0.05) is 22.7 Å². The molecule has 16 heteroatoms. The number of phenolic OH excluding ortho intramolecular Hbond substituents is 1. The molecule has 6 amide bonds. The molecule has 7 rings (SSSR count). The number of primary amides is 1. The highest BCUT2D eigenvalue weighted by Crippen LogP contribution is 2.65. The van der Waals surface area contributed by atoms with Crippen molar-refractivity contribution in [1.29, 1.82) is 0 Å². The van der Waals surface area contributed by atoms with Crippen LogP contribution in [0.4, 0.5) is 23.8 Å². The number of imide groups is 4. The molecule has 4 aliphatic rings. The van der Waals surface area contributed by atoms with Crippen LogP contribution in [0.2, 0.25) is 10.0 Å². The number of carbonyl (C=O) groups excluding carboxylic acids is 5. The number of rotatable bonds is 4. The molecule has 3 heterocycles. The minimum Gasteiger partial charge on any atom is -0.507 e. The number of amides is 6. The van der Waals surface area contributed by atoms with Crippen LogP contribution in [0, 0.1) is 30.6 Å². The van der Waals surface area contributed by atoms with Crippen molar-refractivity contribution < 1.29 is 42.3 Å². The van der Waals surface area contributed by atoms with Crippen molar-refractivity contribution in [1.82, 2.24) is 14.9 Å². The molecule has 2 aliphatic heterocycles. The second kappa shape index (κ2) is 11.6. The van der Waals surface area contributed by atoms with Gasteiger partial charge in [-0.25, -0.2) is 9.78 Å². The van der Waals surface area contributed by atoms with Crippen LogP contribution in [0.15, 0.2) is 66.4 Å². The maximum atomic E-state index is 15.1. The molecule has 1 saturated carbocycles. The number of aromatic hydroxyl groups is 1. The van der Waals surface area contributed by atoms with Gasteiger partial charge in [-0.1, -0.05) is 65.2 Å². The average Bonchev–Trinajstić information content (AvgIpc) is 3.44. The Kier molecular flexibility index (Phi) is 7.75. The van der Waals surface area contributed by atoms with Gasteiger partial charge < -0.3 is 10.8 Å². The first-order valence-corrected chi connectivity index (χ1v) is 16.1. The first kappa shape index (κ1) is 33.5. The van der Waals surface area contributed by atoms with Gasteiger partial charge in [0.05, 0.1) is 33.8 Å². The number of likely N-dealkylation sites (tertiary alicyclic amines) is 1. The zero-order chi connectivity index (χ0) is 36.0. The van der Waals surface area contributed by atoms with E-state index in [4.69, 9.17) is 28.9 Å². The van der Waals surface area contributed by atoms with Gasteiger partial charge in [0.25, 0.3) is 11.8 Å². The third-order valence-electron chi connectivity index (χ3n) is 10.4. The van der Waals surface area contributed by atoms with E-state index in [0.717, 1.165) is 0 Å². The predicted molar refractivity (Wildman–Crippen MR) is 171 cm³/mol. The Balaban J connectivity index is 1.45. The van der Waals surface area contributed by atoms with Crippen molar-refractivity contribution in [3.05, 3.63) is 98.7 Å². The lowest BCUT2D eigenvalue weighted by Gasteiger charge is -2.50. The van der Waals surface area contributed by atoms with Crippen molar-refractivity contribution in [2.75, 3.05) is 5.43 Å². The second-order valence-corrected chi connectivity index (χ2v) is 13.6. The molecular formula is C34H26Cl2F3N5O6. The van der Waals surface area contributed by atoms with Crippen molar-refractivity contribution in [3.8, 4) is 5.75 Å². The van der Waals surface area contributed by atoms with Gasteiger partial charge >= 0.3 is 12.2 Å². The van der Waals surface area contributed by atoms with Crippen LogP contribution in [0.3, 0.4) is 0 Å². The molecule has 3 aromatic rings. The summed E-state index contributed by atoms with van der Waals surface area (Å²) < 4.78 is 40.1. The van der Waals surface area contributed by atoms with Crippen LogP contribution < -0.4 is 11.2 Å². The van der Waals surface area contributed by atoms with E-state index in [2.05, 4.69) is 10.4 Å². The standard InChI is InChI=1S/C34H26Cl2F3N5O6/c1-14-3-2-4-20(26(14)45)25-18-9-10-19-24(30(48)43(28(19)46)32(40)50)21(18)12-22-29(47)44(31(49)33(22,25)15-5-7-17(35)8-6-15)42-27-23(36)11-16(13-41-27)34(37,38)39/h2-9,11,13,19,21-22,24-25,45H,10,12H2,1H3,(H2,40,50)(H,41,42). The molecule has 3 fully saturated rings. The lowest BCUT2D eigenvalue weighted by atomic mass is 9.49. The Bertz CT molecular complexity index is 2060. The summed E-state index contributed by atoms with van der Waals surface area (Å²) in [5, 5.41) is 12.0. The largest absolute Gasteiger partial charge is 0.507 e. The van der Waals surface area contributed by atoms with E-state index in [-0.39, 0.29) is 24.2 Å². The molecule has 4 N–H and O–H groups in total. The Morgan fingerprint density at radius 3 is 2.38 bits per heavy atom. The van der Waals surface area contributed by atoms with Crippen LogP contribution in [0.5, 0.6) is 5.75 Å². The monoisotopic (exact) mass is 727 g/mol. The number of fused-ring (bicyclic) bond motifs is 4. The second-order valence-electron chi connectivity index (χ2n) is 12.8. The SMILES string of the molecule is Cc1cccc(C2C3=CCC4C(=O)N(C(N)=O)C(=O)C4C3CC3C(=O)N(Nc4ncc(C(F)(F)F)cc4Cl)C(=O)C32c2ccc(Cl)cc2)c1O. The summed E-state index contributed by atoms with van der Waals surface area (Å²) in [5.41, 5.74) is 6.47. The molecule has 6 atom stereocenters. The van der Waals surface area contributed by atoms with Crippen LogP contribution >= 0.6 is 23.2 Å². The number of aryl methyl sites for hydroxylation is 1. The average molecular weight is 729 g/mol. The number of aromatic nitrogens is 1. The summed E-state index contributed by atoms with van der Waals surface area (Å²) in [6.45, 7) is 1.65. The fourth-order valence-electron chi connectivity index (χ4n) is 8.26. The van der Waals surface area contributed by atoms with Crippen LogP contribution in [-0.2, 0) is 30.8 Å². The topological polar surface area (TPSA) is 163 Å². The van der Waals surface area contributed by atoms with Crippen molar-refractivity contribution in [3.63, 3.8) is 0 Å². The minimum absolute atomic E-state index is 0.00444. The summed E-state index contributed by atoms with van der Waals surface area (Å²) in [6.07, 6.45) is -2.71. The van der Waals surface area contributed by atoms with E-state index in [1.807, 2.05) is 0 Å². The van der Waals surface area contributed by atoms with E-state index in [1.165, 1.54) is 12.1 Å². The number of nitrogens with one attached hydrogen (secondary N) is 1. The number of urea groups is 1. The van der Waals surface area contributed by atoms with E-state index in [9.17, 15) is 37.5 Å². The molecule has 0 bridgehead atoms. The maximum Gasteiger partial charge on any atom is 0.417 e. The molecule has 1 aromatic heterocycles. The quantitative estimate of drug-likeness (QED) is 0.235. The number of phenols is 1. The molecule has 6 unspecified atom stereocenters. The highest BCUT2D eigenvalue weighted by Gasteiger charge is 2.71. The van der Waals surface area contributed by atoms with E-state index in [1.54, 1.807) is 43.3 Å². The number of para-hydroxylation sites is 1. The number of alkyl halides is 3. The number of hydrazine groups is 1. The van der Waals surface area contributed by atoms with Gasteiger partial charge in [-0.15, -0.1) is 0 Å². The normalized spacial score (nSPS) is 27.6. The minimum atomic E-state index is -4.77. The highest BCUT2D eigenvalue weighted by atomic mass is 35.5. The number of pyridine rings is 1. The molecular weight excluding hydrogens is 702 g/mol. The number of hydrogen-bond donors (Lipinski definition) is 3. The highest BCUT2D eigenvalue weighted by molar-refractivity contribution is 6.33. The van der Waals surface area contributed by atoms with Crippen molar-refractivity contribution >= 4 is 58.7 Å². The first-order chi connectivity index (χ1) is 23.6. The predicted octanol–water partition coefficient (Wildman–Crippen LogP) is 5.48. The van der Waals surface area contributed by atoms with Crippen molar-refractivity contribution in [2.24, 2.45) is 29.4 Å². The number of benzene rings is 2. The third kappa shape index (κ3) is 4.72.